The highest BCUT2D eigenvalue weighted by molar-refractivity contribution is 7.80. The van der Waals surface area contributed by atoms with Crippen LogP contribution in [0.4, 0.5) is 0 Å². The number of hydrogen-bond donors (Lipinski definition) is 1. The molecule has 0 amide bonds. The quantitative estimate of drug-likeness (QED) is 0.635. The summed E-state index contributed by atoms with van der Waals surface area (Å²) in [6.45, 7) is 1.80. The van der Waals surface area contributed by atoms with Gasteiger partial charge in [-0.3, -0.25) is 9.97 Å². The number of pyridine rings is 2. The monoisotopic (exact) mass is 378 g/mol. The molecule has 27 heavy (non-hydrogen) atoms. The largest absolute Gasteiger partial charge is 0.496 e. The fourth-order valence-electron chi connectivity index (χ4n) is 2.71. The Hall–Kier alpha value is -2.99. The van der Waals surface area contributed by atoms with Crippen LogP contribution in [0, 0.1) is 0 Å². The molecule has 138 valence electrons. The molecule has 0 aliphatic rings. The maximum absolute atomic E-state index is 5.67. The molecule has 0 unspecified atom stereocenters. The maximum Gasteiger partial charge on any atom is 0.169 e. The SMILES string of the molecule is COc1ccccc1CNC(=S)N(Cc1ccccn1)Cc1ccccn1. The Morgan fingerprint density at radius 2 is 1.52 bits per heavy atom. The van der Waals surface area contributed by atoms with Gasteiger partial charge in [-0.2, -0.15) is 0 Å². The van der Waals surface area contributed by atoms with Crippen LogP contribution in [0.2, 0.25) is 0 Å². The minimum absolute atomic E-state index is 0.587. The molecule has 1 N–H and O–H groups in total. The van der Waals surface area contributed by atoms with Crippen molar-refractivity contribution in [2.75, 3.05) is 7.11 Å². The smallest absolute Gasteiger partial charge is 0.169 e. The van der Waals surface area contributed by atoms with Crippen molar-refractivity contribution in [3.05, 3.63) is 90.0 Å². The summed E-state index contributed by atoms with van der Waals surface area (Å²) in [5, 5.41) is 3.99. The molecule has 0 saturated heterocycles. The van der Waals surface area contributed by atoms with Gasteiger partial charge in [-0.1, -0.05) is 30.3 Å². The summed E-state index contributed by atoms with van der Waals surface area (Å²) in [6, 6.07) is 19.7. The van der Waals surface area contributed by atoms with Crippen molar-refractivity contribution in [2.24, 2.45) is 0 Å². The van der Waals surface area contributed by atoms with E-state index in [4.69, 9.17) is 17.0 Å². The first kappa shape index (κ1) is 18.8. The number of methoxy groups -OCH3 is 1. The van der Waals surface area contributed by atoms with E-state index in [0.29, 0.717) is 24.7 Å². The van der Waals surface area contributed by atoms with Gasteiger partial charge >= 0.3 is 0 Å². The van der Waals surface area contributed by atoms with Gasteiger partial charge in [-0.05, 0) is 42.5 Å². The Bertz CT molecular complexity index is 817. The van der Waals surface area contributed by atoms with Gasteiger partial charge in [0.2, 0.25) is 0 Å². The van der Waals surface area contributed by atoms with Crippen LogP contribution in [-0.2, 0) is 19.6 Å². The summed E-state index contributed by atoms with van der Waals surface area (Å²) in [5.41, 5.74) is 2.96. The lowest BCUT2D eigenvalue weighted by atomic mass is 10.2. The highest BCUT2D eigenvalue weighted by Gasteiger charge is 2.13. The zero-order valence-electron chi connectivity index (χ0n) is 15.2. The molecule has 3 rings (SSSR count). The second-order valence-corrected chi connectivity index (χ2v) is 6.36. The summed E-state index contributed by atoms with van der Waals surface area (Å²) < 4.78 is 5.41. The van der Waals surface area contributed by atoms with Crippen LogP contribution in [0.5, 0.6) is 5.75 Å². The van der Waals surface area contributed by atoms with Crippen LogP contribution in [0.3, 0.4) is 0 Å². The summed E-state index contributed by atoms with van der Waals surface area (Å²) in [4.78, 5) is 10.9. The Kier molecular flexibility index (Phi) is 6.71. The highest BCUT2D eigenvalue weighted by Crippen LogP contribution is 2.17. The molecule has 3 aromatic rings. The van der Waals surface area contributed by atoms with Crippen LogP contribution >= 0.6 is 12.2 Å². The van der Waals surface area contributed by atoms with Crippen molar-refractivity contribution in [1.82, 2.24) is 20.2 Å². The molecule has 0 spiro atoms. The van der Waals surface area contributed by atoms with Crippen LogP contribution < -0.4 is 10.1 Å². The summed E-state index contributed by atoms with van der Waals surface area (Å²) >= 11 is 5.67. The van der Waals surface area contributed by atoms with E-state index in [2.05, 4.69) is 20.2 Å². The zero-order chi connectivity index (χ0) is 18.9. The van der Waals surface area contributed by atoms with Crippen molar-refractivity contribution in [2.45, 2.75) is 19.6 Å². The van der Waals surface area contributed by atoms with E-state index in [-0.39, 0.29) is 0 Å². The number of aromatic nitrogens is 2. The van der Waals surface area contributed by atoms with Gasteiger partial charge in [0.1, 0.15) is 5.75 Å². The standard InChI is InChI=1S/C21H22N4OS/c1-26-20-11-3-2-8-17(20)14-24-21(27)25(15-18-9-4-6-12-22-18)16-19-10-5-7-13-23-19/h2-13H,14-16H2,1H3,(H,24,27). The Morgan fingerprint density at radius 3 is 2.07 bits per heavy atom. The average molecular weight is 379 g/mol. The lowest BCUT2D eigenvalue weighted by molar-refractivity contribution is 0.386. The number of hydrogen-bond acceptors (Lipinski definition) is 4. The van der Waals surface area contributed by atoms with E-state index in [1.54, 1.807) is 19.5 Å². The fourth-order valence-corrected chi connectivity index (χ4v) is 2.91. The van der Waals surface area contributed by atoms with Gasteiger partial charge in [0.25, 0.3) is 0 Å². The molecule has 2 heterocycles. The summed E-state index contributed by atoms with van der Waals surface area (Å²) in [5.74, 6) is 0.841. The number of para-hydroxylation sites is 1. The third-order valence-electron chi connectivity index (χ3n) is 4.07. The Morgan fingerprint density at radius 1 is 0.926 bits per heavy atom. The van der Waals surface area contributed by atoms with Gasteiger partial charge < -0.3 is 15.0 Å². The first-order valence-corrected chi connectivity index (χ1v) is 9.11. The van der Waals surface area contributed by atoms with E-state index < -0.39 is 0 Å². The molecule has 6 heteroatoms. The molecule has 2 aromatic heterocycles. The lowest BCUT2D eigenvalue weighted by Gasteiger charge is -2.25. The van der Waals surface area contributed by atoms with E-state index in [1.165, 1.54) is 0 Å². The molecule has 5 nitrogen and oxygen atoms in total. The number of thiocarbonyl (C=S) groups is 1. The fraction of sp³-hybridized carbons (Fsp3) is 0.190. The van der Waals surface area contributed by atoms with Crippen molar-refractivity contribution < 1.29 is 4.74 Å². The first-order chi connectivity index (χ1) is 13.3. The van der Waals surface area contributed by atoms with Crippen molar-refractivity contribution in [1.29, 1.82) is 0 Å². The van der Waals surface area contributed by atoms with E-state index in [9.17, 15) is 0 Å². The van der Waals surface area contributed by atoms with Crippen molar-refractivity contribution in [3.63, 3.8) is 0 Å². The maximum atomic E-state index is 5.67. The first-order valence-electron chi connectivity index (χ1n) is 8.71. The second-order valence-electron chi connectivity index (χ2n) is 5.97. The number of nitrogens with one attached hydrogen (secondary N) is 1. The number of rotatable bonds is 7. The second kappa shape index (κ2) is 9.64. The minimum atomic E-state index is 0.587. The molecule has 0 saturated carbocycles. The third-order valence-corrected chi connectivity index (χ3v) is 4.47. The minimum Gasteiger partial charge on any atom is -0.496 e. The predicted octanol–water partition coefficient (Wildman–Crippen LogP) is 3.56. The van der Waals surface area contributed by atoms with Gasteiger partial charge in [-0.15, -0.1) is 0 Å². The topological polar surface area (TPSA) is 50.3 Å². The Balaban J connectivity index is 1.71. The molecule has 0 aliphatic carbocycles. The van der Waals surface area contributed by atoms with Crippen molar-refractivity contribution >= 4 is 17.3 Å². The van der Waals surface area contributed by atoms with Crippen LogP contribution in [0.25, 0.3) is 0 Å². The zero-order valence-corrected chi connectivity index (χ0v) is 16.0. The van der Waals surface area contributed by atoms with E-state index in [0.717, 1.165) is 22.7 Å². The molecule has 0 fully saturated rings. The van der Waals surface area contributed by atoms with Crippen molar-refractivity contribution in [3.8, 4) is 5.75 Å². The Labute approximate surface area is 165 Å². The van der Waals surface area contributed by atoms with Crippen LogP contribution in [0.1, 0.15) is 17.0 Å². The molecule has 0 atom stereocenters. The number of benzene rings is 1. The highest BCUT2D eigenvalue weighted by atomic mass is 32.1. The third kappa shape index (κ3) is 5.49. The van der Waals surface area contributed by atoms with Crippen LogP contribution in [0.15, 0.2) is 73.1 Å². The molecule has 0 bridgehead atoms. The molecular formula is C21H22N4OS. The molecule has 0 aliphatic heterocycles. The van der Waals surface area contributed by atoms with Crippen LogP contribution in [-0.4, -0.2) is 27.1 Å². The predicted molar refractivity (Wildman–Crippen MR) is 110 cm³/mol. The molecule has 1 aromatic carbocycles. The van der Waals surface area contributed by atoms with Gasteiger partial charge in [0, 0.05) is 24.5 Å². The van der Waals surface area contributed by atoms with Gasteiger partial charge in [0.15, 0.2) is 5.11 Å². The normalized spacial score (nSPS) is 10.3. The summed E-state index contributed by atoms with van der Waals surface area (Å²) in [7, 11) is 1.67. The van der Waals surface area contributed by atoms with E-state index >= 15 is 0 Å². The number of nitrogens with zero attached hydrogens (tertiary/aromatic N) is 3. The average Bonchev–Trinajstić information content (AvgIpc) is 2.73. The lowest BCUT2D eigenvalue weighted by Crippen LogP contribution is -2.39. The number of ether oxygens (including phenoxy) is 1. The van der Waals surface area contributed by atoms with Gasteiger partial charge in [-0.25, -0.2) is 0 Å². The molecule has 0 radical (unpaired) electrons. The van der Waals surface area contributed by atoms with Gasteiger partial charge in [0.05, 0.1) is 31.6 Å². The summed E-state index contributed by atoms with van der Waals surface area (Å²) in [6.07, 6.45) is 3.58. The molecular weight excluding hydrogens is 356 g/mol. The van der Waals surface area contributed by atoms with E-state index in [1.807, 2.05) is 60.7 Å².